The van der Waals surface area contributed by atoms with E-state index >= 15 is 0 Å². The van der Waals surface area contributed by atoms with Crippen LogP contribution in [0.15, 0.2) is 171 Å². The van der Waals surface area contributed by atoms with Crippen LogP contribution in [-0.4, -0.2) is 0 Å². The minimum atomic E-state index is 0.105. The molecule has 0 aliphatic heterocycles. The average molecular weight is 743 g/mol. The van der Waals surface area contributed by atoms with Crippen molar-refractivity contribution in [1.29, 1.82) is 0 Å². The van der Waals surface area contributed by atoms with E-state index in [1.54, 1.807) is 0 Å². The summed E-state index contributed by atoms with van der Waals surface area (Å²) in [7, 11) is 0. The monoisotopic (exact) mass is 742 g/mol. The van der Waals surface area contributed by atoms with Crippen LogP contribution in [0.25, 0.3) is 121 Å². The zero-order chi connectivity index (χ0) is 37.7. The van der Waals surface area contributed by atoms with Gasteiger partial charge in [-0.05, 0) is 127 Å². The first-order valence-corrected chi connectivity index (χ1v) is 20.5. The molecular weight excluding hydrogens is 709 g/mol. The lowest BCUT2D eigenvalue weighted by molar-refractivity contribution is 0.550. The van der Waals surface area contributed by atoms with Crippen LogP contribution >= 0.6 is 0 Å². The van der Waals surface area contributed by atoms with Crippen molar-refractivity contribution in [2.75, 3.05) is 0 Å². The van der Waals surface area contributed by atoms with E-state index in [4.69, 9.17) is 13.3 Å². The zero-order valence-corrected chi connectivity index (χ0v) is 31.6. The van der Waals surface area contributed by atoms with Crippen molar-refractivity contribution >= 4 is 87.4 Å². The summed E-state index contributed by atoms with van der Waals surface area (Å²) in [5.41, 5.74) is 16.0. The standard InChI is InChI=1S/C55H34O3/c1-3-13-35-33(11-1)49(31-19-22-44-39(29-31)53-46(57-44)24-21-42-51(53)37-15-5-7-17-41(37)55(42)27-9-10-28-55)34-12-2-4-14-36(34)50(35)32-20-23-45-40(30-32)54-48(58-45)26-25-47-52(54)38-16-6-8-18-43(38)56-47/h1-8,11-26,29-30H,9-10,27-28H2. The van der Waals surface area contributed by atoms with Gasteiger partial charge in [0.2, 0.25) is 0 Å². The highest BCUT2D eigenvalue weighted by Crippen LogP contribution is 2.59. The molecule has 2 aliphatic carbocycles. The Hall–Kier alpha value is -7.10. The molecule has 3 heterocycles. The van der Waals surface area contributed by atoms with Gasteiger partial charge < -0.3 is 13.3 Å². The van der Waals surface area contributed by atoms with Crippen LogP contribution in [0.3, 0.4) is 0 Å². The number of furan rings is 3. The van der Waals surface area contributed by atoms with Gasteiger partial charge in [0, 0.05) is 37.7 Å². The molecule has 3 nitrogen and oxygen atoms in total. The van der Waals surface area contributed by atoms with E-state index < -0.39 is 0 Å². The van der Waals surface area contributed by atoms with E-state index in [1.807, 2.05) is 24.3 Å². The highest BCUT2D eigenvalue weighted by atomic mass is 16.3. The molecule has 2 aliphatic rings. The van der Waals surface area contributed by atoms with E-state index in [9.17, 15) is 0 Å². The summed E-state index contributed by atoms with van der Waals surface area (Å²) < 4.78 is 19.5. The molecule has 0 radical (unpaired) electrons. The van der Waals surface area contributed by atoms with Gasteiger partial charge in [-0.3, -0.25) is 0 Å². The van der Waals surface area contributed by atoms with Gasteiger partial charge in [-0.15, -0.1) is 0 Å². The van der Waals surface area contributed by atoms with Gasteiger partial charge in [0.1, 0.15) is 33.5 Å². The number of fused-ring (bicyclic) bond motifs is 18. The van der Waals surface area contributed by atoms with Crippen LogP contribution in [0.4, 0.5) is 0 Å². The highest BCUT2D eigenvalue weighted by molar-refractivity contribution is 6.27. The van der Waals surface area contributed by atoms with Gasteiger partial charge in [0.25, 0.3) is 0 Å². The van der Waals surface area contributed by atoms with E-state index in [0.29, 0.717) is 0 Å². The fourth-order valence-electron chi connectivity index (χ4n) is 11.5. The lowest BCUT2D eigenvalue weighted by Crippen LogP contribution is -2.20. The first kappa shape index (κ1) is 31.0. The zero-order valence-electron chi connectivity index (χ0n) is 31.6. The van der Waals surface area contributed by atoms with E-state index in [2.05, 4.69) is 133 Å². The van der Waals surface area contributed by atoms with Gasteiger partial charge in [-0.1, -0.05) is 122 Å². The molecule has 1 saturated carbocycles. The molecule has 0 atom stereocenters. The first-order chi connectivity index (χ1) is 28.7. The Morgan fingerprint density at radius 1 is 0.328 bits per heavy atom. The van der Waals surface area contributed by atoms with E-state index in [0.717, 1.165) is 60.6 Å². The van der Waals surface area contributed by atoms with Crippen molar-refractivity contribution in [3.8, 4) is 33.4 Å². The van der Waals surface area contributed by atoms with Gasteiger partial charge in [-0.2, -0.15) is 0 Å². The maximum Gasteiger partial charge on any atom is 0.136 e. The van der Waals surface area contributed by atoms with Gasteiger partial charge in [0.05, 0.1) is 0 Å². The summed E-state index contributed by atoms with van der Waals surface area (Å²) in [4.78, 5) is 0. The van der Waals surface area contributed by atoms with Crippen molar-refractivity contribution in [2.24, 2.45) is 0 Å². The fraction of sp³-hybridized carbons (Fsp3) is 0.0909. The van der Waals surface area contributed by atoms with Crippen molar-refractivity contribution < 1.29 is 13.3 Å². The van der Waals surface area contributed by atoms with E-state index in [1.165, 1.54) is 96.9 Å². The highest BCUT2D eigenvalue weighted by Gasteiger charge is 2.45. The van der Waals surface area contributed by atoms with E-state index in [-0.39, 0.29) is 5.41 Å². The van der Waals surface area contributed by atoms with Crippen LogP contribution in [0, 0.1) is 0 Å². The summed E-state index contributed by atoms with van der Waals surface area (Å²) in [6, 6.07) is 57.5. The SMILES string of the molecule is c1ccc2c(c1)-c1c(ccc3oc4ccc(-c5c6ccccc6c(-c6ccc7oc8ccc9oc%10ccccc%10c9c8c7c6)c6ccccc56)cc4c13)C21CCCC1. The molecule has 12 aromatic rings. The average Bonchev–Trinajstić information content (AvgIpc) is 4.11. The fourth-order valence-corrected chi connectivity index (χ4v) is 11.5. The third-order valence-electron chi connectivity index (χ3n) is 13.8. The van der Waals surface area contributed by atoms with Crippen molar-refractivity contribution in [1.82, 2.24) is 0 Å². The minimum Gasteiger partial charge on any atom is -0.456 e. The third kappa shape index (κ3) is 3.89. The molecule has 0 N–H and O–H groups in total. The van der Waals surface area contributed by atoms with Gasteiger partial charge >= 0.3 is 0 Å². The largest absolute Gasteiger partial charge is 0.456 e. The molecule has 0 unspecified atom stereocenters. The molecule has 3 aromatic heterocycles. The minimum absolute atomic E-state index is 0.105. The Bertz CT molecular complexity index is 3690. The second kappa shape index (κ2) is 11.1. The van der Waals surface area contributed by atoms with Crippen molar-refractivity contribution in [3.05, 3.63) is 169 Å². The summed E-state index contributed by atoms with van der Waals surface area (Å²) in [6.07, 6.45) is 4.97. The summed E-state index contributed by atoms with van der Waals surface area (Å²) >= 11 is 0. The lowest BCUT2D eigenvalue weighted by Gasteiger charge is -2.26. The van der Waals surface area contributed by atoms with Crippen molar-refractivity contribution in [3.63, 3.8) is 0 Å². The lowest BCUT2D eigenvalue weighted by atomic mass is 9.76. The maximum absolute atomic E-state index is 6.68. The molecule has 0 amide bonds. The second-order valence-corrected chi connectivity index (χ2v) is 16.6. The van der Waals surface area contributed by atoms with Crippen molar-refractivity contribution in [2.45, 2.75) is 31.1 Å². The molecule has 1 fully saturated rings. The molecule has 14 rings (SSSR count). The molecule has 9 aromatic carbocycles. The number of para-hydroxylation sites is 1. The Morgan fingerprint density at radius 2 is 0.776 bits per heavy atom. The van der Waals surface area contributed by atoms with Crippen LogP contribution in [0.5, 0.6) is 0 Å². The number of rotatable bonds is 2. The topological polar surface area (TPSA) is 39.4 Å². The molecule has 3 heteroatoms. The predicted octanol–water partition coefficient (Wildman–Crippen LogP) is 15.9. The smallest absolute Gasteiger partial charge is 0.136 e. The summed E-state index contributed by atoms with van der Waals surface area (Å²) in [5, 5.41) is 11.7. The third-order valence-corrected chi connectivity index (χ3v) is 13.8. The Balaban J connectivity index is 1.03. The summed E-state index contributed by atoms with van der Waals surface area (Å²) in [6.45, 7) is 0. The predicted molar refractivity (Wildman–Crippen MR) is 239 cm³/mol. The van der Waals surface area contributed by atoms with Crippen LogP contribution in [0.2, 0.25) is 0 Å². The molecule has 58 heavy (non-hydrogen) atoms. The molecule has 1 spiro atoms. The number of benzene rings is 9. The maximum atomic E-state index is 6.68. The van der Waals surface area contributed by atoms with Crippen LogP contribution in [0.1, 0.15) is 36.8 Å². The Morgan fingerprint density at radius 3 is 1.40 bits per heavy atom. The quantitative estimate of drug-likeness (QED) is 0.166. The van der Waals surface area contributed by atoms with Gasteiger partial charge in [0.15, 0.2) is 0 Å². The normalized spacial score (nSPS) is 14.8. The Kier molecular flexibility index (Phi) is 5.92. The van der Waals surface area contributed by atoms with Gasteiger partial charge in [-0.25, -0.2) is 0 Å². The van der Waals surface area contributed by atoms with Crippen LogP contribution in [-0.2, 0) is 5.41 Å². The summed E-state index contributed by atoms with van der Waals surface area (Å²) in [5.74, 6) is 0. The number of hydrogen-bond donors (Lipinski definition) is 0. The number of hydrogen-bond acceptors (Lipinski definition) is 3. The van der Waals surface area contributed by atoms with Crippen LogP contribution < -0.4 is 0 Å². The molecular formula is C55H34O3. The molecule has 0 bridgehead atoms. The first-order valence-electron chi connectivity index (χ1n) is 20.5. The molecule has 272 valence electrons. The second-order valence-electron chi connectivity index (χ2n) is 16.6. The molecule has 0 saturated heterocycles. The Labute approximate surface area is 332 Å².